The molecule has 0 bridgehead atoms. The van der Waals surface area contributed by atoms with Crippen LogP contribution in [0.15, 0.2) is 54.7 Å². The number of hydrogen-bond acceptors (Lipinski definition) is 8. The van der Waals surface area contributed by atoms with Crippen LogP contribution in [0.1, 0.15) is 43.7 Å². The SMILES string of the molecule is COc1cc(-c2nccc(-c3cccc(-c4ccc(CN(CC5CCC(=O)N5)C(=O)O)c(OC)n4)c3Cl)c2Cl)cc(F)c1CNC1CC(C)(O)C1. The van der Waals surface area contributed by atoms with Gasteiger partial charge in [-0.25, -0.2) is 14.2 Å². The molecule has 268 valence electrons. The molecule has 1 saturated heterocycles. The number of benzene rings is 2. The van der Waals surface area contributed by atoms with Crippen molar-refractivity contribution in [3.05, 3.63) is 81.7 Å². The Bertz CT molecular complexity index is 1970. The number of carbonyl (C=O) groups excluding carboxylic acids is 1. The third-order valence-corrected chi connectivity index (χ3v) is 10.1. The summed E-state index contributed by atoms with van der Waals surface area (Å²) in [5.41, 5.74) is 3.19. The van der Waals surface area contributed by atoms with Crippen molar-refractivity contribution in [1.29, 1.82) is 0 Å². The maximum Gasteiger partial charge on any atom is 0.407 e. The molecule has 6 rings (SSSR count). The molecule has 1 aliphatic heterocycles. The number of aromatic nitrogens is 2. The second kappa shape index (κ2) is 15.0. The van der Waals surface area contributed by atoms with E-state index in [4.69, 9.17) is 32.7 Å². The van der Waals surface area contributed by atoms with Gasteiger partial charge in [0, 0.05) is 71.2 Å². The lowest BCUT2D eigenvalue weighted by Crippen LogP contribution is -2.51. The predicted molar refractivity (Wildman–Crippen MR) is 192 cm³/mol. The first-order chi connectivity index (χ1) is 24.4. The Balaban J connectivity index is 1.26. The van der Waals surface area contributed by atoms with Crippen LogP contribution >= 0.6 is 23.2 Å². The molecule has 2 aromatic heterocycles. The summed E-state index contributed by atoms with van der Waals surface area (Å²) in [5.74, 6) is -0.00163. The monoisotopic (exact) mass is 737 g/mol. The van der Waals surface area contributed by atoms with Crippen LogP contribution in [0.25, 0.3) is 33.6 Å². The molecule has 2 aromatic carbocycles. The highest BCUT2D eigenvalue weighted by Crippen LogP contribution is 2.43. The zero-order chi connectivity index (χ0) is 36.4. The number of carbonyl (C=O) groups is 2. The zero-order valence-electron chi connectivity index (χ0n) is 28.3. The second-order valence-electron chi connectivity index (χ2n) is 13.1. The minimum Gasteiger partial charge on any atom is -0.496 e. The first-order valence-electron chi connectivity index (χ1n) is 16.4. The molecule has 0 spiro atoms. The van der Waals surface area contributed by atoms with Crippen LogP contribution in [0.3, 0.4) is 0 Å². The number of ether oxygens (including phenoxy) is 2. The standard InChI is InChI=1S/C37H38Cl2FN5O6/c1-37(49)15-23(16-37)42-17-27-28(40)13-21(14-30(27)50-2)34-33(39)25(11-12-41-34)24-5-4-6-26(32(24)38)29-9-7-20(35(44-29)51-3)18-45(36(47)48)19-22-8-10-31(46)43-22/h4-7,9,11-14,22-23,42,49H,8,10,15-19H2,1-3H3,(H,43,46)(H,47,48). The third-order valence-electron chi connectivity index (χ3n) is 9.33. The fourth-order valence-electron chi connectivity index (χ4n) is 6.70. The van der Waals surface area contributed by atoms with Gasteiger partial charge in [-0.05, 0) is 56.5 Å². The van der Waals surface area contributed by atoms with Gasteiger partial charge in [-0.2, -0.15) is 0 Å². The van der Waals surface area contributed by atoms with Crippen molar-refractivity contribution in [2.24, 2.45) is 0 Å². The van der Waals surface area contributed by atoms with Crippen LogP contribution in [0.2, 0.25) is 10.0 Å². The topological polar surface area (TPSA) is 146 Å². The molecule has 14 heteroatoms. The Labute approximate surface area is 304 Å². The number of nitrogens with one attached hydrogen (secondary N) is 2. The minimum absolute atomic E-state index is 0.00786. The van der Waals surface area contributed by atoms with Gasteiger partial charge >= 0.3 is 6.09 Å². The van der Waals surface area contributed by atoms with Gasteiger partial charge < -0.3 is 35.2 Å². The molecule has 2 aliphatic rings. The Morgan fingerprint density at radius 2 is 1.84 bits per heavy atom. The first kappa shape index (κ1) is 36.3. The highest BCUT2D eigenvalue weighted by molar-refractivity contribution is 6.39. The number of nitrogens with zero attached hydrogens (tertiary/aromatic N) is 3. The summed E-state index contributed by atoms with van der Waals surface area (Å²) in [5, 5.41) is 26.6. The number of halogens is 3. The molecule has 4 N–H and O–H groups in total. The average molecular weight is 739 g/mol. The largest absolute Gasteiger partial charge is 0.496 e. The van der Waals surface area contributed by atoms with Gasteiger partial charge in [0.2, 0.25) is 11.8 Å². The summed E-state index contributed by atoms with van der Waals surface area (Å²) in [4.78, 5) is 34.0. The Morgan fingerprint density at radius 3 is 2.51 bits per heavy atom. The minimum atomic E-state index is -1.12. The summed E-state index contributed by atoms with van der Waals surface area (Å²) in [6.45, 7) is 2.16. The first-order valence-corrected chi connectivity index (χ1v) is 17.2. The number of aliphatic hydroxyl groups is 1. The van der Waals surface area contributed by atoms with Crippen molar-refractivity contribution in [2.45, 2.75) is 63.4 Å². The van der Waals surface area contributed by atoms with Crippen molar-refractivity contribution in [3.8, 4) is 45.3 Å². The van der Waals surface area contributed by atoms with Crippen molar-refractivity contribution in [1.82, 2.24) is 25.5 Å². The summed E-state index contributed by atoms with van der Waals surface area (Å²) in [6.07, 6.45) is 2.57. The fraction of sp³-hybridized carbons (Fsp3) is 0.351. The highest BCUT2D eigenvalue weighted by atomic mass is 35.5. The Kier molecular flexibility index (Phi) is 10.7. The van der Waals surface area contributed by atoms with E-state index in [-0.39, 0.29) is 48.5 Å². The zero-order valence-corrected chi connectivity index (χ0v) is 29.8. The molecule has 11 nitrogen and oxygen atoms in total. The Hall–Kier alpha value is -4.49. The van der Waals surface area contributed by atoms with E-state index >= 15 is 4.39 Å². The van der Waals surface area contributed by atoms with Gasteiger partial charge in [-0.15, -0.1) is 0 Å². The lowest BCUT2D eigenvalue weighted by Gasteiger charge is -2.41. The van der Waals surface area contributed by atoms with Gasteiger partial charge in [0.15, 0.2) is 0 Å². The summed E-state index contributed by atoms with van der Waals surface area (Å²) in [6, 6.07) is 13.5. The maximum atomic E-state index is 15.5. The molecule has 51 heavy (non-hydrogen) atoms. The normalized spacial score (nSPS) is 19.7. The molecule has 1 saturated carbocycles. The maximum absolute atomic E-state index is 15.5. The van der Waals surface area contributed by atoms with Gasteiger partial charge in [-0.3, -0.25) is 9.78 Å². The van der Waals surface area contributed by atoms with Crippen molar-refractivity contribution < 1.29 is 33.7 Å². The van der Waals surface area contributed by atoms with Crippen LogP contribution in [-0.4, -0.2) is 75.5 Å². The molecular weight excluding hydrogens is 700 g/mol. The van der Waals surface area contributed by atoms with E-state index in [1.807, 2.05) is 12.1 Å². The van der Waals surface area contributed by atoms with E-state index in [9.17, 15) is 19.8 Å². The van der Waals surface area contributed by atoms with Gasteiger partial charge in [0.1, 0.15) is 11.6 Å². The van der Waals surface area contributed by atoms with E-state index in [0.717, 1.165) is 0 Å². The van der Waals surface area contributed by atoms with E-state index in [1.54, 1.807) is 43.5 Å². The van der Waals surface area contributed by atoms with Crippen molar-refractivity contribution in [3.63, 3.8) is 0 Å². The van der Waals surface area contributed by atoms with E-state index in [1.165, 1.54) is 25.2 Å². The summed E-state index contributed by atoms with van der Waals surface area (Å²) in [7, 11) is 2.93. The van der Waals surface area contributed by atoms with Crippen LogP contribution in [0.4, 0.5) is 9.18 Å². The van der Waals surface area contributed by atoms with Gasteiger partial charge in [0.05, 0.1) is 47.8 Å². The van der Waals surface area contributed by atoms with Crippen LogP contribution in [0, 0.1) is 5.82 Å². The number of pyridine rings is 2. The van der Waals surface area contributed by atoms with Crippen LogP contribution in [-0.2, 0) is 17.9 Å². The second-order valence-corrected chi connectivity index (χ2v) is 13.9. The third kappa shape index (κ3) is 7.89. The number of carboxylic acid groups (broad SMARTS) is 1. The van der Waals surface area contributed by atoms with Crippen LogP contribution in [0.5, 0.6) is 11.6 Å². The van der Waals surface area contributed by atoms with E-state index < -0.39 is 17.5 Å². The fourth-order valence-corrected chi connectivity index (χ4v) is 7.35. The summed E-state index contributed by atoms with van der Waals surface area (Å²) < 4.78 is 26.7. The number of methoxy groups -OCH3 is 2. The van der Waals surface area contributed by atoms with E-state index in [0.29, 0.717) is 81.2 Å². The Morgan fingerprint density at radius 1 is 1.10 bits per heavy atom. The molecule has 1 atom stereocenters. The molecule has 2 fully saturated rings. The quantitative estimate of drug-likeness (QED) is 0.125. The lowest BCUT2D eigenvalue weighted by molar-refractivity contribution is -0.119. The lowest BCUT2D eigenvalue weighted by atomic mass is 9.77. The van der Waals surface area contributed by atoms with Crippen molar-refractivity contribution >= 4 is 35.2 Å². The van der Waals surface area contributed by atoms with Gasteiger partial charge in [-0.1, -0.05) is 41.4 Å². The van der Waals surface area contributed by atoms with Crippen molar-refractivity contribution in [2.75, 3.05) is 20.8 Å². The molecule has 4 aromatic rings. The molecule has 1 unspecified atom stereocenters. The molecule has 0 radical (unpaired) electrons. The average Bonchev–Trinajstić information content (AvgIpc) is 3.50. The highest BCUT2D eigenvalue weighted by Gasteiger charge is 2.38. The van der Waals surface area contributed by atoms with Gasteiger partial charge in [0.25, 0.3) is 0 Å². The number of amides is 2. The molecular formula is C37H38Cl2FN5O6. The smallest absolute Gasteiger partial charge is 0.407 e. The number of rotatable bonds is 12. The van der Waals surface area contributed by atoms with E-state index in [2.05, 4.69) is 20.6 Å². The molecule has 3 heterocycles. The summed E-state index contributed by atoms with van der Waals surface area (Å²) >= 11 is 14.0. The number of hydrogen-bond donors (Lipinski definition) is 4. The van der Waals surface area contributed by atoms with Crippen LogP contribution < -0.4 is 20.1 Å². The predicted octanol–water partition coefficient (Wildman–Crippen LogP) is 6.70. The molecule has 2 amide bonds. The molecule has 1 aliphatic carbocycles.